The van der Waals surface area contributed by atoms with Gasteiger partial charge in [0.15, 0.2) is 0 Å². The first-order chi connectivity index (χ1) is 14.1. The number of hydrogen-bond donors (Lipinski definition) is 1. The van der Waals surface area contributed by atoms with Crippen molar-refractivity contribution in [1.29, 1.82) is 0 Å². The molecule has 1 aromatic heterocycles. The first kappa shape index (κ1) is 17.0. The second-order valence-electron chi connectivity index (χ2n) is 9.04. The first-order valence-electron chi connectivity index (χ1n) is 10.7. The average molecular weight is 384 g/mol. The number of H-pyrrole nitrogens is 1. The molecule has 146 valence electrons. The molecule has 1 unspecified atom stereocenters. The Morgan fingerprint density at radius 3 is 2.52 bits per heavy atom. The van der Waals surface area contributed by atoms with E-state index >= 15 is 0 Å². The summed E-state index contributed by atoms with van der Waals surface area (Å²) in [7, 11) is 0. The van der Waals surface area contributed by atoms with E-state index in [1.807, 2.05) is 36.4 Å². The van der Waals surface area contributed by atoms with Crippen LogP contribution < -0.4 is 4.90 Å². The number of para-hydroxylation sites is 2. The molecule has 29 heavy (non-hydrogen) atoms. The molecule has 4 heteroatoms. The Kier molecular flexibility index (Phi) is 3.55. The molecule has 2 aliphatic carbocycles. The van der Waals surface area contributed by atoms with Gasteiger partial charge in [-0.25, -0.2) is 4.90 Å². The van der Waals surface area contributed by atoms with Gasteiger partial charge >= 0.3 is 0 Å². The van der Waals surface area contributed by atoms with Crippen LogP contribution in [0.15, 0.2) is 54.6 Å². The van der Waals surface area contributed by atoms with Crippen molar-refractivity contribution in [1.82, 2.24) is 4.98 Å². The lowest BCUT2D eigenvalue weighted by molar-refractivity contribution is -0.123. The number of anilines is 1. The Morgan fingerprint density at radius 1 is 0.931 bits per heavy atom. The van der Waals surface area contributed by atoms with E-state index < -0.39 is 5.92 Å². The van der Waals surface area contributed by atoms with E-state index in [0.29, 0.717) is 17.5 Å². The number of imide groups is 1. The van der Waals surface area contributed by atoms with Gasteiger partial charge in [-0.1, -0.05) is 49.7 Å². The highest BCUT2D eigenvalue weighted by molar-refractivity contribution is 6.24. The summed E-state index contributed by atoms with van der Waals surface area (Å²) in [5, 5.41) is 1.23. The van der Waals surface area contributed by atoms with Gasteiger partial charge in [0, 0.05) is 16.6 Å². The standard InChI is InChI=1S/C25H24N2O2/c1-14-11-12-16-18(13-14)21-22(23-20(16)17-9-5-6-10-19(17)26-23)25(29)27(24(21)28)15-7-3-2-4-8-15/h2-10,14,16,18,21-22,26H,11-13H2,1H3/t14?,16-,18+,21+,22+/m0/s1. The molecule has 1 saturated heterocycles. The number of hydrogen-bond acceptors (Lipinski definition) is 2. The van der Waals surface area contributed by atoms with Crippen LogP contribution in [0, 0.1) is 17.8 Å². The number of benzene rings is 2. The predicted molar refractivity (Wildman–Crippen MR) is 113 cm³/mol. The highest BCUT2D eigenvalue weighted by Gasteiger charge is 2.58. The number of amides is 2. The molecule has 0 radical (unpaired) electrons. The molecule has 1 saturated carbocycles. The van der Waals surface area contributed by atoms with Gasteiger partial charge < -0.3 is 4.98 Å². The van der Waals surface area contributed by atoms with E-state index in [4.69, 9.17) is 0 Å². The summed E-state index contributed by atoms with van der Waals surface area (Å²) >= 11 is 0. The van der Waals surface area contributed by atoms with Crippen LogP contribution in [0.25, 0.3) is 10.9 Å². The lowest BCUT2D eigenvalue weighted by Crippen LogP contribution is -2.39. The van der Waals surface area contributed by atoms with Gasteiger partial charge in [0.25, 0.3) is 0 Å². The van der Waals surface area contributed by atoms with Crippen LogP contribution in [-0.4, -0.2) is 16.8 Å². The van der Waals surface area contributed by atoms with E-state index in [9.17, 15) is 9.59 Å². The average Bonchev–Trinajstić information content (AvgIpc) is 3.24. The SMILES string of the molecule is CC1CC[C@@H]2c3c([nH]c4ccccc34)[C@@H]3C(=O)N(c4ccccc4)C(=O)[C@@H]3[C@@H]2C1. The largest absolute Gasteiger partial charge is 0.357 e. The van der Waals surface area contributed by atoms with E-state index in [0.717, 1.165) is 24.1 Å². The molecular formula is C25H24N2O2. The zero-order valence-corrected chi connectivity index (χ0v) is 16.5. The van der Waals surface area contributed by atoms with Gasteiger partial charge in [-0.3, -0.25) is 9.59 Å². The summed E-state index contributed by atoms with van der Waals surface area (Å²) in [6.45, 7) is 2.28. The molecule has 3 aliphatic rings. The van der Waals surface area contributed by atoms with Gasteiger partial charge in [-0.05, 0) is 54.4 Å². The minimum Gasteiger partial charge on any atom is -0.357 e. The number of aromatic nitrogens is 1. The Balaban J connectivity index is 1.57. The van der Waals surface area contributed by atoms with Gasteiger partial charge in [0.2, 0.25) is 11.8 Å². The van der Waals surface area contributed by atoms with Crippen LogP contribution in [-0.2, 0) is 9.59 Å². The van der Waals surface area contributed by atoms with Crippen LogP contribution in [0.3, 0.4) is 0 Å². The summed E-state index contributed by atoms with van der Waals surface area (Å²) < 4.78 is 0. The fourth-order valence-corrected chi connectivity index (χ4v) is 6.27. The summed E-state index contributed by atoms with van der Waals surface area (Å²) in [5.74, 6) is 0.451. The lowest BCUT2D eigenvalue weighted by atomic mass is 9.59. The number of nitrogens with one attached hydrogen (secondary N) is 1. The maximum atomic E-state index is 13.6. The van der Waals surface area contributed by atoms with Crippen molar-refractivity contribution >= 4 is 28.4 Å². The van der Waals surface area contributed by atoms with Crippen molar-refractivity contribution in [3.63, 3.8) is 0 Å². The number of rotatable bonds is 1. The third-order valence-corrected chi connectivity index (χ3v) is 7.45. The molecule has 6 rings (SSSR count). The Hall–Kier alpha value is -2.88. The third kappa shape index (κ3) is 2.26. The summed E-state index contributed by atoms with van der Waals surface area (Å²) in [5.41, 5.74) is 4.06. The monoisotopic (exact) mass is 384 g/mol. The predicted octanol–water partition coefficient (Wildman–Crippen LogP) is 4.97. The molecule has 0 bridgehead atoms. The molecule has 2 amide bonds. The second kappa shape index (κ2) is 6.06. The Morgan fingerprint density at radius 2 is 1.69 bits per heavy atom. The molecule has 0 spiro atoms. The highest BCUT2D eigenvalue weighted by atomic mass is 16.2. The second-order valence-corrected chi connectivity index (χ2v) is 9.04. The maximum absolute atomic E-state index is 13.6. The third-order valence-electron chi connectivity index (χ3n) is 7.45. The number of carbonyl (C=O) groups is 2. The van der Waals surface area contributed by atoms with Crippen molar-refractivity contribution in [2.45, 2.75) is 38.0 Å². The summed E-state index contributed by atoms with van der Waals surface area (Å²) in [6, 6.07) is 17.8. The van der Waals surface area contributed by atoms with Crippen LogP contribution in [0.4, 0.5) is 5.69 Å². The molecule has 5 atom stereocenters. The van der Waals surface area contributed by atoms with Gasteiger partial charge in [-0.15, -0.1) is 0 Å². The minimum atomic E-state index is -0.392. The van der Waals surface area contributed by atoms with E-state index in [1.54, 1.807) is 0 Å². The van der Waals surface area contributed by atoms with E-state index in [1.165, 1.54) is 22.3 Å². The topological polar surface area (TPSA) is 53.2 Å². The molecule has 1 N–H and O–H groups in total. The van der Waals surface area contributed by atoms with E-state index in [2.05, 4.69) is 30.1 Å². The van der Waals surface area contributed by atoms with Crippen molar-refractivity contribution < 1.29 is 9.59 Å². The number of fused-ring (bicyclic) bond motifs is 8. The molecule has 4 nitrogen and oxygen atoms in total. The lowest BCUT2D eigenvalue weighted by Gasteiger charge is -2.43. The summed E-state index contributed by atoms with van der Waals surface area (Å²) in [6.07, 6.45) is 3.30. The molecule has 1 aliphatic heterocycles. The maximum Gasteiger partial charge on any atom is 0.243 e. The normalized spacial score (nSPS) is 30.9. The quantitative estimate of drug-likeness (QED) is 0.602. The number of nitrogens with zero attached hydrogens (tertiary/aromatic N) is 1. The molecule has 3 aromatic rings. The van der Waals surface area contributed by atoms with Crippen LogP contribution in [0.1, 0.15) is 49.3 Å². The molecular weight excluding hydrogens is 360 g/mol. The highest BCUT2D eigenvalue weighted by Crippen LogP contribution is 2.58. The zero-order chi connectivity index (χ0) is 19.7. The fraction of sp³-hybridized carbons (Fsp3) is 0.360. The summed E-state index contributed by atoms with van der Waals surface area (Å²) in [4.78, 5) is 32.3. The Labute approximate surface area is 169 Å². The number of carbonyl (C=O) groups excluding carboxylic acids is 2. The molecule has 2 fully saturated rings. The van der Waals surface area contributed by atoms with Crippen molar-refractivity contribution in [3.05, 3.63) is 65.9 Å². The van der Waals surface area contributed by atoms with Gasteiger partial charge in [-0.2, -0.15) is 0 Å². The zero-order valence-electron chi connectivity index (χ0n) is 16.5. The van der Waals surface area contributed by atoms with Crippen LogP contribution >= 0.6 is 0 Å². The number of aromatic amines is 1. The molecule has 2 aromatic carbocycles. The van der Waals surface area contributed by atoms with E-state index in [-0.39, 0.29) is 23.7 Å². The van der Waals surface area contributed by atoms with Gasteiger partial charge in [0.1, 0.15) is 0 Å². The van der Waals surface area contributed by atoms with Crippen molar-refractivity contribution in [2.75, 3.05) is 4.90 Å². The minimum absolute atomic E-state index is 0.0143. The fourth-order valence-electron chi connectivity index (χ4n) is 6.27. The van der Waals surface area contributed by atoms with Crippen LogP contribution in [0.2, 0.25) is 0 Å². The first-order valence-corrected chi connectivity index (χ1v) is 10.7. The van der Waals surface area contributed by atoms with Crippen LogP contribution in [0.5, 0.6) is 0 Å². The van der Waals surface area contributed by atoms with Crippen molar-refractivity contribution in [3.8, 4) is 0 Å². The Bertz CT molecular complexity index is 1130. The van der Waals surface area contributed by atoms with Crippen molar-refractivity contribution in [2.24, 2.45) is 17.8 Å². The van der Waals surface area contributed by atoms with Gasteiger partial charge in [0.05, 0.1) is 17.5 Å². The molecule has 2 heterocycles. The smallest absolute Gasteiger partial charge is 0.243 e.